The minimum atomic E-state index is -1.00. The van der Waals surface area contributed by atoms with Crippen molar-refractivity contribution in [1.29, 1.82) is 0 Å². The number of carboxylic acids is 1. The van der Waals surface area contributed by atoms with Crippen LogP contribution in [0.15, 0.2) is 78.9 Å². The highest BCUT2D eigenvalue weighted by atomic mass is 32.1. The van der Waals surface area contributed by atoms with Gasteiger partial charge in [-0.3, -0.25) is 19.8 Å². The summed E-state index contributed by atoms with van der Waals surface area (Å²) in [5.41, 5.74) is 1.46. The zero-order valence-electron chi connectivity index (χ0n) is 18.0. The molecule has 1 saturated heterocycles. The van der Waals surface area contributed by atoms with Crippen molar-refractivity contribution in [3.8, 4) is 5.75 Å². The number of hydrogen-bond acceptors (Lipinski definition) is 5. The number of carboxylic acid groups (broad SMARTS) is 1. The van der Waals surface area contributed by atoms with Crippen LogP contribution in [0.1, 0.15) is 21.5 Å². The minimum absolute atomic E-state index is 0.0336. The zero-order valence-corrected chi connectivity index (χ0v) is 18.8. The van der Waals surface area contributed by atoms with Gasteiger partial charge in [0.2, 0.25) is 0 Å². The van der Waals surface area contributed by atoms with Crippen LogP contribution < -0.4 is 10.1 Å². The predicted molar refractivity (Wildman–Crippen MR) is 132 cm³/mol. The van der Waals surface area contributed by atoms with Gasteiger partial charge in [-0.25, -0.2) is 4.79 Å². The second-order valence-corrected chi connectivity index (χ2v) is 7.90. The third-order valence-corrected chi connectivity index (χ3v) is 5.63. The third kappa shape index (κ3) is 4.57. The molecule has 34 heavy (non-hydrogen) atoms. The highest BCUT2D eigenvalue weighted by molar-refractivity contribution is 7.80. The van der Waals surface area contributed by atoms with Gasteiger partial charge in [0.1, 0.15) is 17.9 Å². The Hall–Kier alpha value is -4.30. The molecule has 1 aliphatic heterocycles. The number of aromatic carboxylic acids is 1. The summed E-state index contributed by atoms with van der Waals surface area (Å²) in [6.07, 6.45) is 3.04. The Morgan fingerprint density at radius 1 is 1.09 bits per heavy atom. The number of fused-ring (bicyclic) bond motifs is 1. The van der Waals surface area contributed by atoms with Crippen LogP contribution in [0.25, 0.3) is 16.8 Å². The molecule has 7 nitrogen and oxygen atoms in total. The number of nitrogens with zero attached hydrogens (tertiary/aromatic N) is 1. The van der Waals surface area contributed by atoms with E-state index < -0.39 is 17.8 Å². The van der Waals surface area contributed by atoms with Crippen LogP contribution in [0.4, 0.5) is 0 Å². The van der Waals surface area contributed by atoms with E-state index in [0.29, 0.717) is 11.3 Å². The fourth-order valence-electron chi connectivity index (χ4n) is 3.59. The molecule has 0 aliphatic carbocycles. The summed E-state index contributed by atoms with van der Waals surface area (Å²) < 4.78 is 6.05. The van der Waals surface area contributed by atoms with Gasteiger partial charge in [0.25, 0.3) is 11.8 Å². The van der Waals surface area contributed by atoms with Crippen LogP contribution in [0.3, 0.4) is 0 Å². The molecule has 1 fully saturated rings. The Balaban J connectivity index is 1.73. The van der Waals surface area contributed by atoms with Crippen LogP contribution >= 0.6 is 12.2 Å². The van der Waals surface area contributed by atoms with Crippen molar-refractivity contribution in [2.75, 3.05) is 6.54 Å². The lowest BCUT2D eigenvalue weighted by molar-refractivity contribution is -0.128. The molecule has 3 aromatic rings. The average Bonchev–Trinajstić information content (AvgIpc) is 2.83. The van der Waals surface area contributed by atoms with Crippen molar-refractivity contribution in [2.24, 2.45) is 0 Å². The fourth-order valence-corrected chi connectivity index (χ4v) is 3.84. The molecule has 1 heterocycles. The fraction of sp³-hybridized carbons (Fsp3) is 0.0769. The lowest BCUT2D eigenvalue weighted by Crippen LogP contribution is -2.53. The first-order valence-corrected chi connectivity index (χ1v) is 10.8. The van der Waals surface area contributed by atoms with Crippen LogP contribution in [0.2, 0.25) is 0 Å². The van der Waals surface area contributed by atoms with Gasteiger partial charge in [-0.1, -0.05) is 48.5 Å². The Bertz CT molecular complexity index is 1360. The van der Waals surface area contributed by atoms with E-state index in [1.165, 1.54) is 29.2 Å². The predicted octanol–water partition coefficient (Wildman–Crippen LogP) is 3.93. The highest BCUT2D eigenvalue weighted by Gasteiger charge is 2.33. The molecule has 0 unspecified atom stereocenters. The molecule has 8 heteroatoms. The number of amides is 2. The maximum atomic E-state index is 13.0. The number of nitrogens with one attached hydrogen (secondary N) is 1. The van der Waals surface area contributed by atoms with Crippen molar-refractivity contribution in [1.82, 2.24) is 10.2 Å². The number of hydrogen-bond donors (Lipinski definition) is 2. The summed E-state index contributed by atoms with van der Waals surface area (Å²) in [6.45, 7) is 3.97. The second-order valence-electron chi connectivity index (χ2n) is 7.51. The van der Waals surface area contributed by atoms with Crippen molar-refractivity contribution in [3.05, 3.63) is 95.6 Å². The van der Waals surface area contributed by atoms with Crippen molar-refractivity contribution in [2.45, 2.75) is 6.61 Å². The summed E-state index contributed by atoms with van der Waals surface area (Å²) in [4.78, 5) is 38.0. The van der Waals surface area contributed by atoms with E-state index in [0.717, 1.165) is 16.3 Å². The van der Waals surface area contributed by atoms with Gasteiger partial charge in [-0.2, -0.15) is 0 Å². The van der Waals surface area contributed by atoms with Gasteiger partial charge in [-0.05, 0) is 52.8 Å². The van der Waals surface area contributed by atoms with Crippen LogP contribution in [0, 0.1) is 0 Å². The Labute approximate surface area is 200 Å². The quantitative estimate of drug-likeness (QED) is 0.234. The third-order valence-electron chi connectivity index (χ3n) is 5.31. The molecule has 0 saturated carbocycles. The summed E-state index contributed by atoms with van der Waals surface area (Å²) >= 11 is 5.12. The lowest BCUT2D eigenvalue weighted by atomic mass is 10.00. The van der Waals surface area contributed by atoms with E-state index in [4.69, 9.17) is 22.1 Å². The molecule has 4 rings (SSSR count). The summed E-state index contributed by atoms with van der Waals surface area (Å²) in [6, 6.07) is 17.6. The molecule has 0 spiro atoms. The standard InChI is InChI=1S/C26H20N2O5S/c1-2-13-28-24(30)21(23(29)27-26(28)34)14-20-19-6-4-3-5-17(19)11-12-22(20)33-15-16-7-9-18(10-8-16)25(31)32/h2-12,14H,1,13,15H2,(H,31,32)(H,27,29,34)/b21-14+. The average molecular weight is 473 g/mol. The molecule has 1 aliphatic rings. The van der Waals surface area contributed by atoms with E-state index in [-0.39, 0.29) is 29.4 Å². The van der Waals surface area contributed by atoms with Gasteiger partial charge < -0.3 is 9.84 Å². The van der Waals surface area contributed by atoms with E-state index >= 15 is 0 Å². The van der Waals surface area contributed by atoms with Gasteiger partial charge in [0, 0.05) is 12.1 Å². The van der Waals surface area contributed by atoms with Gasteiger partial charge >= 0.3 is 5.97 Å². The van der Waals surface area contributed by atoms with Crippen LogP contribution in [-0.2, 0) is 16.2 Å². The van der Waals surface area contributed by atoms with Gasteiger partial charge in [0.05, 0.1) is 5.56 Å². The normalized spacial score (nSPS) is 14.9. The number of ether oxygens (including phenoxy) is 1. The van der Waals surface area contributed by atoms with Gasteiger partial charge in [0.15, 0.2) is 5.11 Å². The Kier molecular flexibility index (Phi) is 6.51. The first kappa shape index (κ1) is 22.9. The van der Waals surface area contributed by atoms with Gasteiger partial charge in [-0.15, -0.1) is 6.58 Å². The smallest absolute Gasteiger partial charge is 0.335 e. The van der Waals surface area contributed by atoms with E-state index in [2.05, 4.69) is 11.9 Å². The molecule has 3 aromatic carbocycles. The number of rotatable bonds is 7. The molecular weight excluding hydrogens is 452 g/mol. The molecule has 0 aromatic heterocycles. The Morgan fingerprint density at radius 3 is 2.53 bits per heavy atom. The highest BCUT2D eigenvalue weighted by Crippen LogP contribution is 2.31. The maximum absolute atomic E-state index is 13.0. The molecule has 170 valence electrons. The topological polar surface area (TPSA) is 95.9 Å². The first-order chi connectivity index (χ1) is 16.4. The van der Waals surface area contributed by atoms with Crippen molar-refractivity contribution < 1.29 is 24.2 Å². The van der Waals surface area contributed by atoms with Crippen molar-refractivity contribution >= 4 is 52.0 Å². The zero-order chi connectivity index (χ0) is 24.2. The maximum Gasteiger partial charge on any atom is 0.335 e. The summed E-state index contributed by atoms with van der Waals surface area (Å²) in [5, 5.41) is 13.4. The molecule has 0 bridgehead atoms. The van der Waals surface area contributed by atoms with Crippen LogP contribution in [0.5, 0.6) is 5.75 Å². The van der Waals surface area contributed by atoms with E-state index in [9.17, 15) is 14.4 Å². The molecule has 2 N–H and O–H groups in total. The van der Waals surface area contributed by atoms with Crippen LogP contribution in [-0.4, -0.2) is 39.4 Å². The summed E-state index contributed by atoms with van der Waals surface area (Å²) in [7, 11) is 0. The molecule has 0 radical (unpaired) electrons. The largest absolute Gasteiger partial charge is 0.488 e. The number of thiocarbonyl (C=S) groups is 1. The Morgan fingerprint density at radius 2 is 1.82 bits per heavy atom. The molecule has 2 amide bonds. The summed E-state index contributed by atoms with van der Waals surface area (Å²) in [5.74, 6) is -1.64. The number of benzene rings is 3. The second kappa shape index (κ2) is 9.68. The number of carbonyl (C=O) groups is 3. The number of carbonyl (C=O) groups excluding carboxylic acids is 2. The SMILES string of the molecule is C=CCN1C(=O)/C(=C/c2c(OCc3ccc(C(=O)O)cc3)ccc3ccccc23)C(=O)NC1=S. The monoisotopic (exact) mass is 472 g/mol. The van der Waals surface area contributed by atoms with E-state index in [1.807, 2.05) is 30.3 Å². The minimum Gasteiger partial charge on any atom is -0.488 e. The first-order valence-electron chi connectivity index (χ1n) is 10.4. The van der Waals surface area contributed by atoms with Crippen molar-refractivity contribution in [3.63, 3.8) is 0 Å². The lowest BCUT2D eigenvalue weighted by Gasteiger charge is -2.28. The van der Waals surface area contributed by atoms with E-state index in [1.54, 1.807) is 18.2 Å². The molecular formula is C26H20N2O5S. The molecule has 0 atom stereocenters.